The highest BCUT2D eigenvalue weighted by Gasteiger charge is 2.45. The second-order valence-electron chi connectivity index (χ2n) is 6.05. The van der Waals surface area contributed by atoms with Crippen molar-refractivity contribution in [3.8, 4) is 0 Å². The highest BCUT2D eigenvalue weighted by Crippen LogP contribution is 2.40. The molecule has 0 aliphatic heterocycles. The van der Waals surface area contributed by atoms with E-state index < -0.39 is 8.32 Å². The third kappa shape index (κ3) is 4.05. The molecule has 0 bridgehead atoms. The number of halogens is 1. The molecule has 0 saturated carbocycles. The van der Waals surface area contributed by atoms with Crippen molar-refractivity contribution in [2.75, 3.05) is 0 Å². The van der Waals surface area contributed by atoms with Crippen molar-refractivity contribution in [3.05, 3.63) is 35.4 Å². The monoisotopic (exact) mass is 390 g/mol. The normalized spacial score (nSPS) is 14.2. The van der Waals surface area contributed by atoms with Gasteiger partial charge in [0.05, 0.1) is 6.61 Å². The molecule has 1 nitrogen and oxygen atoms in total. The molecule has 0 saturated heterocycles. The first-order valence-corrected chi connectivity index (χ1v) is 10.5. The zero-order valence-corrected chi connectivity index (χ0v) is 16.2. The van der Waals surface area contributed by atoms with Gasteiger partial charge in [-0.15, -0.1) is 0 Å². The minimum atomic E-state index is -1.74. The van der Waals surface area contributed by atoms with E-state index in [1.165, 1.54) is 11.1 Å². The predicted octanol–water partition coefficient (Wildman–Crippen LogP) is 5.64. The van der Waals surface area contributed by atoms with Crippen LogP contribution in [0.15, 0.2) is 24.3 Å². The van der Waals surface area contributed by atoms with Gasteiger partial charge >= 0.3 is 0 Å². The smallest absolute Gasteiger partial charge is 0.210 e. The molecule has 0 spiro atoms. The first-order valence-electron chi connectivity index (χ1n) is 7.14. The molecule has 0 aliphatic rings. The lowest BCUT2D eigenvalue weighted by molar-refractivity contribution is 0.273. The van der Waals surface area contributed by atoms with E-state index >= 15 is 0 Å². The summed E-state index contributed by atoms with van der Waals surface area (Å²) in [6, 6.07) is 8.71. The SMILES string of the molecule is Cc1ccc(CO[Si](C(C)C)(C(C)C)C(C)I)cc1. The first-order chi connectivity index (χ1) is 8.80. The van der Waals surface area contributed by atoms with E-state index in [-0.39, 0.29) is 0 Å². The van der Waals surface area contributed by atoms with Gasteiger partial charge in [0.1, 0.15) is 0 Å². The van der Waals surface area contributed by atoms with Crippen molar-refractivity contribution < 1.29 is 4.43 Å². The third-order valence-corrected chi connectivity index (χ3v) is 12.5. The van der Waals surface area contributed by atoms with E-state index in [4.69, 9.17) is 4.43 Å². The van der Waals surface area contributed by atoms with Gasteiger partial charge in [0, 0.05) is 3.55 Å². The largest absolute Gasteiger partial charge is 0.411 e. The molecule has 19 heavy (non-hydrogen) atoms. The number of rotatable bonds is 6. The molecule has 0 fully saturated rings. The second kappa shape index (κ2) is 7.23. The van der Waals surface area contributed by atoms with Crippen molar-refractivity contribution in [2.45, 2.75) is 62.8 Å². The van der Waals surface area contributed by atoms with Crippen molar-refractivity contribution in [3.63, 3.8) is 0 Å². The van der Waals surface area contributed by atoms with Crippen molar-refractivity contribution in [1.82, 2.24) is 0 Å². The zero-order valence-electron chi connectivity index (χ0n) is 13.0. The molecular weight excluding hydrogens is 363 g/mol. The van der Waals surface area contributed by atoms with Gasteiger partial charge in [0.25, 0.3) is 0 Å². The molecule has 0 heterocycles. The molecule has 1 aromatic rings. The average molecular weight is 390 g/mol. The minimum absolute atomic E-state index is 0.621. The van der Waals surface area contributed by atoms with Gasteiger partial charge < -0.3 is 4.43 Å². The fourth-order valence-electron chi connectivity index (χ4n) is 2.93. The molecular formula is C16H27IOSi. The molecule has 1 aromatic carbocycles. The van der Waals surface area contributed by atoms with E-state index in [1.54, 1.807) is 0 Å². The van der Waals surface area contributed by atoms with Crippen molar-refractivity contribution in [2.24, 2.45) is 0 Å². The lowest BCUT2D eigenvalue weighted by Crippen LogP contribution is -2.51. The van der Waals surface area contributed by atoms with Crippen molar-refractivity contribution >= 4 is 30.9 Å². The number of aryl methyl sites for hydroxylation is 1. The summed E-state index contributed by atoms with van der Waals surface area (Å²) in [5.74, 6) is 0. The maximum Gasteiger partial charge on any atom is 0.210 e. The Hall–Kier alpha value is 0.127. The van der Waals surface area contributed by atoms with E-state index in [9.17, 15) is 0 Å². The topological polar surface area (TPSA) is 9.23 Å². The standard InChI is InChI=1S/C16H27IOSi/c1-12(2)19(13(3)4,15(6)17)18-11-16-9-7-14(5)8-10-16/h7-10,12-13,15H,11H2,1-6H3. The van der Waals surface area contributed by atoms with Crippen LogP contribution in [0.3, 0.4) is 0 Å². The molecule has 1 rings (SSSR count). The summed E-state index contributed by atoms with van der Waals surface area (Å²) in [5, 5.41) is 0. The Morgan fingerprint density at radius 3 is 1.84 bits per heavy atom. The fraction of sp³-hybridized carbons (Fsp3) is 0.625. The van der Waals surface area contributed by atoms with Gasteiger partial charge in [-0.05, 0) is 23.6 Å². The Morgan fingerprint density at radius 1 is 1.00 bits per heavy atom. The number of hydrogen-bond donors (Lipinski definition) is 0. The Labute approximate surface area is 133 Å². The van der Waals surface area contributed by atoms with Gasteiger partial charge in [-0.3, -0.25) is 0 Å². The quantitative estimate of drug-likeness (QED) is 0.347. The van der Waals surface area contributed by atoms with Crippen LogP contribution in [0.1, 0.15) is 45.7 Å². The lowest BCUT2D eigenvalue weighted by Gasteiger charge is -2.41. The van der Waals surface area contributed by atoms with E-state index in [1.807, 2.05) is 0 Å². The Morgan fingerprint density at radius 2 is 1.47 bits per heavy atom. The van der Waals surface area contributed by atoms with Crippen LogP contribution < -0.4 is 0 Å². The number of alkyl halides is 1. The van der Waals surface area contributed by atoms with Gasteiger partial charge in [-0.2, -0.15) is 0 Å². The Kier molecular flexibility index (Phi) is 6.53. The van der Waals surface area contributed by atoms with Gasteiger partial charge in [0.2, 0.25) is 8.32 Å². The summed E-state index contributed by atoms with van der Waals surface area (Å²) in [6.07, 6.45) is 0. The molecule has 0 radical (unpaired) electrons. The maximum atomic E-state index is 6.57. The van der Waals surface area contributed by atoms with Gasteiger partial charge in [-0.25, -0.2) is 0 Å². The lowest BCUT2D eigenvalue weighted by atomic mass is 10.2. The summed E-state index contributed by atoms with van der Waals surface area (Å²) in [6.45, 7) is 14.5. The summed E-state index contributed by atoms with van der Waals surface area (Å²) >= 11 is 2.57. The summed E-state index contributed by atoms with van der Waals surface area (Å²) < 4.78 is 7.19. The van der Waals surface area contributed by atoms with Gasteiger partial charge in [-0.1, -0.05) is 87.0 Å². The van der Waals surface area contributed by atoms with Crippen LogP contribution in [0.2, 0.25) is 11.1 Å². The molecule has 0 aliphatic carbocycles. The van der Waals surface area contributed by atoms with Crippen LogP contribution in [0.4, 0.5) is 0 Å². The molecule has 108 valence electrons. The van der Waals surface area contributed by atoms with Crippen LogP contribution in [-0.4, -0.2) is 11.9 Å². The molecule has 0 aromatic heterocycles. The van der Waals surface area contributed by atoms with Gasteiger partial charge in [0.15, 0.2) is 0 Å². The zero-order chi connectivity index (χ0) is 14.6. The fourth-order valence-corrected chi connectivity index (χ4v) is 12.3. The summed E-state index contributed by atoms with van der Waals surface area (Å²) in [7, 11) is -1.74. The molecule has 0 amide bonds. The summed E-state index contributed by atoms with van der Waals surface area (Å²) in [4.78, 5) is 0. The molecule has 0 N–H and O–H groups in total. The molecule has 3 heteroatoms. The molecule has 1 atom stereocenters. The van der Waals surface area contributed by atoms with Crippen LogP contribution in [-0.2, 0) is 11.0 Å². The average Bonchev–Trinajstić information content (AvgIpc) is 2.30. The highest BCUT2D eigenvalue weighted by atomic mass is 127. The van der Waals surface area contributed by atoms with Crippen LogP contribution in [0.25, 0.3) is 0 Å². The minimum Gasteiger partial charge on any atom is -0.411 e. The Balaban J connectivity index is 2.87. The highest BCUT2D eigenvalue weighted by molar-refractivity contribution is 14.1. The van der Waals surface area contributed by atoms with E-state index in [0.717, 1.165) is 6.61 Å². The summed E-state index contributed by atoms with van der Waals surface area (Å²) in [5.41, 5.74) is 3.89. The first kappa shape index (κ1) is 17.2. The third-order valence-electron chi connectivity index (χ3n) is 4.04. The van der Waals surface area contributed by atoms with Crippen LogP contribution >= 0.6 is 22.6 Å². The van der Waals surface area contributed by atoms with Crippen LogP contribution in [0.5, 0.6) is 0 Å². The maximum absolute atomic E-state index is 6.57. The molecule has 1 unspecified atom stereocenters. The number of benzene rings is 1. The van der Waals surface area contributed by atoms with Crippen LogP contribution in [0, 0.1) is 6.92 Å². The van der Waals surface area contributed by atoms with Crippen molar-refractivity contribution in [1.29, 1.82) is 0 Å². The van der Waals surface area contributed by atoms with E-state index in [0.29, 0.717) is 14.6 Å². The Bertz CT molecular complexity index is 362. The second-order valence-corrected chi connectivity index (χ2v) is 14.3. The number of hydrogen-bond acceptors (Lipinski definition) is 1. The van der Waals surface area contributed by atoms with E-state index in [2.05, 4.69) is 88.4 Å². The predicted molar refractivity (Wildman–Crippen MR) is 95.4 cm³/mol.